The van der Waals surface area contributed by atoms with Crippen molar-refractivity contribution in [1.29, 1.82) is 0 Å². The molecule has 2 fully saturated rings. The third-order valence-corrected chi connectivity index (χ3v) is 6.38. The normalized spacial score (nSPS) is 26.1. The van der Waals surface area contributed by atoms with E-state index in [1.165, 1.54) is 8.61 Å². The maximum Gasteiger partial charge on any atom is 0.281 e. The molecule has 2 atom stereocenters. The molecule has 0 aromatic heterocycles. The van der Waals surface area contributed by atoms with Gasteiger partial charge in [0.25, 0.3) is 10.2 Å². The summed E-state index contributed by atoms with van der Waals surface area (Å²) in [6, 6.07) is 9.80. The van der Waals surface area contributed by atoms with Crippen molar-refractivity contribution in [1.82, 2.24) is 8.61 Å². The second-order valence-electron chi connectivity index (χ2n) is 6.23. The van der Waals surface area contributed by atoms with Crippen LogP contribution in [0.4, 0.5) is 0 Å². The number of halogens is 1. The Morgan fingerprint density at radius 3 is 2.45 bits per heavy atom. The second-order valence-corrected chi connectivity index (χ2v) is 8.27. The van der Waals surface area contributed by atoms with Crippen LogP contribution in [0.1, 0.15) is 24.3 Å². The molecule has 0 unspecified atom stereocenters. The van der Waals surface area contributed by atoms with Gasteiger partial charge in [0.05, 0.1) is 0 Å². The molecule has 124 valence electrons. The van der Waals surface area contributed by atoms with E-state index in [0.717, 1.165) is 18.4 Å². The highest BCUT2D eigenvalue weighted by Gasteiger charge is 2.40. The van der Waals surface area contributed by atoms with Crippen molar-refractivity contribution < 1.29 is 8.42 Å². The van der Waals surface area contributed by atoms with E-state index in [1.807, 2.05) is 30.3 Å². The highest BCUT2D eigenvalue weighted by molar-refractivity contribution is 7.86. The van der Waals surface area contributed by atoms with Crippen molar-refractivity contribution in [2.24, 2.45) is 11.7 Å². The number of hydrogen-bond acceptors (Lipinski definition) is 3. The van der Waals surface area contributed by atoms with Crippen LogP contribution in [0.5, 0.6) is 0 Å². The Kier molecular flexibility index (Phi) is 5.50. The quantitative estimate of drug-likeness (QED) is 0.877. The minimum Gasteiger partial charge on any atom is -0.326 e. The summed E-state index contributed by atoms with van der Waals surface area (Å²) in [5.74, 6) is 0.626. The minimum absolute atomic E-state index is 0. The monoisotopic (exact) mass is 345 g/mol. The molecule has 22 heavy (non-hydrogen) atoms. The molecule has 1 aromatic carbocycles. The molecule has 2 aliphatic rings. The first-order valence-electron chi connectivity index (χ1n) is 7.50. The van der Waals surface area contributed by atoms with Crippen LogP contribution in [0.2, 0.25) is 0 Å². The van der Waals surface area contributed by atoms with Crippen molar-refractivity contribution in [3.05, 3.63) is 35.9 Å². The Bertz CT molecular complexity index is 592. The number of nitrogens with zero attached hydrogens (tertiary/aromatic N) is 2. The largest absolute Gasteiger partial charge is 0.326 e. The van der Waals surface area contributed by atoms with Crippen LogP contribution in [0, 0.1) is 5.92 Å². The Morgan fingerprint density at radius 1 is 1.23 bits per heavy atom. The number of hydrogen-bond donors (Lipinski definition) is 1. The molecule has 0 spiro atoms. The van der Waals surface area contributed by atoms with E-state index in [0.29, 0.717) is 25.6 Å². The summed E-state index contributed by atoms with van der Waals surface area (Å²) < 4.78 is 28.3. The summed E-state index contributed by atoms with van der Waals surface area (Å²) in [4.78, 5) is 0. The lowest BCUT2D eigenvalue weighted by atomic mass is 9.95. The molecular weight excluding hydrogens is 322 g/mol. The number of benzene rings is 1. The lowest BCUT2D eigenvalue weighted by Gasteiger charge is -2.24. The van der Waals surface area contributed by atoms with Gasteiger partial charge in [-0.2, -0.15) is 17.0 Å². The highest BCUT2D eigenvalue weighted by Crippen LogP contribution is 2.32. The van der Waals surface area contributed by atoms with Crippen LogP contribution < -0.4 is 5.73 Å². The number of nitrogens with two attached hydrogens (primary N) is 1. The molecule has 1 aliphatic carbocycles. The summed E-state index contributed by atoms with van der Waals surface area (Å²) in [5, 5.41) is 0. The molecule has 1 saturated heterocycles. The summed E-state index contributed by atoms with van der Waals surface area (Å²) in [5.41, 5.74) is 7.31. The Hall–Kier alpha value is -0.660. The van der Waals surface area contributed by atoms with E-state index in [2.05, 4.69) is 0 Å². The first-order valence-corrected chi connectivity index (χ1v) is 8.90. The van der Waals surface area contributed by atoms with Gasteiger partial charge < -0.3 is 5.73 Å². The van der Waals surface area contributed by atoms with Crippen LogP contribution in [0.15, 0.2) is 30.3 Å². The summed E-state index contributed by atoms with van der Waals surface area (Å²) >= 11 is 0. The molecule has 5 nitrogen and oxygen atoms in total. The third kappa shape index (κ3) is 3.63. The Morgan fingerprint density at radius 2 is 1.86 bits per heavy atom. The zero-order chi connectivity index (χ0) is 15.0. The topological polar surface area (TPSA) is 66.6 Å². The second kappa shape index (κ2) is 6.84. The molecule has 0 radical (unpaired) electrons. The van der Waals surface area contributed by atoms with Gasteiger partial charge >= 0.3 is 0 Å². The van der Waals surface area contributed by atoms with Crippen LogP contribution in [0.25, 0.3) is 0 Å². The molecule has 1 saturated carbocycles. The van der Waals surface area contributed by atoms with E-state index < -0.39 is 10.2 Å². The minimum atomic E-state index is -3.38. The zero-order valence-corrected chi connectivity index (χ0v) is 14.4. The van der Waals surface area contributed by atoms with Crippen LogP contribution in [-0.2, 0) is 10.2 Å². The zero-order valence-electron chi connectivity index (χ0n) is 12.8. The fraction of sp³-hybridized carbons (Fsp3) is 0.600. The standard InChI is InChI=1S/C15H23N3O2S.ClH/c1-17(9-12-7-8-12)21(19,20)18-10-14(15(16)11-18)13-5-3-2-4-6-13;/h2-6,12,14-15H,7-11,16H2,1H3;1H/t14-,15+;/m0./s1. The summed E-state index contributed by atoms with van der Waals surface area (Å²) in [6.07, 6.45) is 2.29. The molecule has 1 heterocycles. The van der Waals surface area contributed by atoms with Gasteiger partial charge in [0.15, 0.2) is 0 Å². The lowest BCUT2D eigenvalue weighted by molar-refractivity contribution is 0.383. The Labute approximate surface area is 139 Å². The van der Waals surface area contributed by atoms with Crippen molar-refractivity contribution in [3.63, 3.8) is 0 Å². The smallest absolute Gasteiger partial charge is 0.281 e. The molecule has 1 aliphatic heterocycles. The van der Waals surface area contributed by atoms with E-state index in [4.69, 9.17) is 5.73 Å². The van der Waals surface area contributed by atoms with Gasteiger partial charge in [-0.15, -0.1) is 12.4 Å². The summed E-state index contributed by atoms with van der Waals surface area (Å²) in [6.45, 7) is 1.50. The molecule has 0 amide bonds. The van der Waals surface area contributed by atoms with Crippen molar-refractivity contribution in [2.75, 3.05) is 26.7 Å². The molecule has 3 rings (SSSR count). The number of rotatable bonds is 5. The van der Waals surface area contributed by atoms with Gasteiger partial charge in [-0.1, -0.05) is 30.3 Å². The predicted molar refractivity (Wildman–Crippen MR) is 90.3 cm³/mol. The highest BCUT2D eigenvalue weighted by atomic mass is 35.5. The first-order chi connectivity index (χ1) is 9.98. The van der Waals surface area contributed by atoms with Crippen LogP contribution in [-0.4, -0.2) is 49.8 Å². The van der Waals surface area contributed by atoms with Gasteiger partial charge in [-0.25, -0.2) is 0 Å². The van der Waals surface area contributed by atoms with Gasteiger partial charge in [-0.3, -0.25) is 0 Å². The van der Waals surface area contributed by atoms with E-state index in [-0.39, 0.29) is 24.4 Å². The third-order valence-electron chi connectivity index (χ3n) is 4.49. The molecule has 0 bridgehead atoms. The SMILES string of the molecule is CN(CC1CC1)S(=O)(=O)N1C[C@@H](N)[C@H](c2ccccc2)C1.Cl. The van der Waals surface area contributed by atoms with Crippen molar-refractivity contribution >= 4 is 22.6 Å². The fourth-order valence-corrected chi connectivity index (χ4v) is 4.49. The maximum atomic E-state index is 12.6. The lowest BCUT2D eigenvalue weighted by Crippen LogP contribution is -2.42. The molecule has 2 N–H and O–H groups in total. The predicted octanol–water partition coefficient (Wildman–Crippen LogP) is 1.42. The van der Waals surface area contributed by atoms with Crippen LogP contribution in [0.3, 0.4) is 0 Å². The molecule has 1 aromatic rings. The average molecular weight is 346 g/mol. The van der Waals surface area contributed by atoms with Gasteiger partial charge in [-0.05, 0) is 24.3 Å². The summed E-state index contributed by atoms with van der Waals surface area (Å²) in [7, 11) is -1.71. The van der Waals surface area contributed by atoms with E-state index in [9.17, 15) is 8.42 Å². The average Bonchev–Trinajstić information content (AvgIpc) is 3.19. The molecular formula is C15H24ClN3O2S. The van der Waals surface area contributed by atoms with E-state index >= 15 is 0 Å². The Balaban J connectivity index is 0.00000176. The van der Waals surface area contributed by atoms with Gasteiger partial charge in [0.2, 0.25) is 0 Å². The van der Waals surface area contributed by atoms with Crippen molar-refractivity contribution in [2.45, 2.75) is 24.8 Å². The van der Waals surface area contributed by atoms with Gasteiger partial charge in [0, 0.05) is 38.6 Å². The van der Waals surface area contributed by atoms with Crippen molar-refractivity contribution in [3.8, 4) is 0 Å². The molecule has 7 heteroatoms. The first kappa shape index (κ1) is 17.7. The van der Waals surface area contributed by atoms with E-state index in [1.54, 1.807) is 7.05 Å². The maximum absolute atomic E-state index is 12.6. The fourth-order valence-electron chi connectivity index (χ4n) is 2.99. The van der Waals surface area contributed by atoms with Gasteiger partial charge in [0.1, 0.15) is 0 Å². The van der Waals surface area contributed by atoms with Crippen LogP contribution >= 0.6 is 12.4 Å².